The first-order valence-corrected chi connectivity index (χ1v) is 11.0. The molecule has 1 fully saturated rings. The SMILES string of the molecule is CCNC(=NCc1ccc(N2CC(C)OC(C)C2)nc1)NCCc1cccc(Cl)c1. The minimum Gasteiger partial charge on any atom is -0.372 e. The van der Waals surface area contributed by atoms with Gasteiger partial charge < -0.3 is 20.3 Å². The molecule has 162 valence electrons. The molecular formula is C23H32ClN5O. The number of halogens is 1. The van der Waals surface area contributed by atoms with Crippen LogP contribution in [0.2, 0.25) is 5.02 Å². The van der Waals surface area contributed by atoms with E-state index in [-0.39, 0.29) is 12.2 Å². The Kier molecular flexibility index (Phi) is 8.34. The Morgan fingerprint density at radius 3 is 2.63 bits per heavy atom. The average Bonchev–Trinajstić information content (AvgIpc) is 2.72. The quantitative estimate of drug-likeness (QED) is 0.519. The number of ether oxygens (including phenoxy) is 1. The Balaban J connectivity index is 1.53. The van der Waals surface area contributed by atoms with Gasteiger partial charge in [-0.2, -0.15) is 0 Å². The summed E-state index contributed by atoms with van der Waals surface area (Å²) in [5, 5.41) is 7.45. The second-order valence-electron chi connectivity index (χ2n) is 7.69. The summed E-state index contributed by atoms with van der Waals surface area (Å²) in [5.74, 6) is 1.80. The van der Waals surface area contributed by atoms with Crippen LogP contribution in [0.1, 0.15) is 31.9 Å². The van der Waals surface area contributed by atoms with E-state index in [2.05, 4.69) is 59.5 Å². The molecule has 2 unspecified atom stereocenters. The number of hydrogen-bond acceptors (Lipinski definition) is 4. The highest BCUT2D eigenvalue weighted by molar-refractivity contribution is 6.30. The van der Waals surface area contributed by atoms with Crippen LogP contribution in [0.3, 0.4) is 0 Å². The van der Waals surface area contributed by atoms with Crippen LogP contribution in [0.5, 0.6) is 0 Å². The van der Waals surface area contributed by atoms with Gasteiger partial charge in [-0.05, 0) is 56.5 Å². The van der Waals surface area contributed by atoms with E-state index < -0.39 is 0 Å². The third-order valence-electron chi connectivity index (χ3n) is 4.91. The van der Waals surface area contributed by atoms with Crippen molar-refractivity contribution in [3.05, 3.63) is 58.7 Å². The third-order valence-corrected chi connectivity index (χ3v) is 5.15. The number of morpholine rings is 1. The largest absolute Gasteiger partial charge is 0.372 e. The first-order chi connectivity index (χ1) is 14.5. The van der Waals surface area contributed by atoms with Crippen molar-refractivity contribution in [2.75, 3.05) is 31.1 Å². The molecule has 1 aliphatic rings. The molecule has 1 aliphatic heterocycles. The number of anilines is 1. The first-order valence-electron chi connectivity index (χ1n) is 10.7. The van der Waals surface area contributed by atoms with Gasteiger partial charge in [-0.3, -0.25) is 0 Å². The smallest absolute Gasteiger partial charge is 0.191 e. The number of pyridine rings is 1. The maximum atomic E-state index is 6.06. The molecule has 2 aromatic rings. The molecule has 0 aliphatic carbocycles. The molecule has 1 aromatic carbocycles. The second-order valence-corrected chi connectivity index (χ2v) is 8.13. The summed E-state index contributed by atoms with van der Waals surface area (Å²) < 4.78 is 5.81. The molecule has 1 saturated heterocycles. The zero-order chi connectivity index (χ0) is 21.3. The van der Waals surface area contributed by atoms with Gasteiger partial charge in [0.2, 0.25) is 0 Å². The van der Waals surface area contributed by atoms with Crippen molar-refractivity contribution in [3.8, 4) is 0 Å². The molecule has 2 heterocycles. The Morgan fingerprint density at radius 1 is 1.17 bits per heavy atom. The van der Waals surface area contributed by atoms with Crippen LogP contribution in [0.4, 0.5) is 5.82 Å². The fourth-order valence-electron chi connectivity index (χ4n) is 3.59. The van der Waals surface area contributed by atoms with E-state index in [1.807, 2.05) is 24.4 Å². The van der Waals surface area contributed by atoms with Gasteiger partial charge in [0.25, 0.3) is 0 Å². The van der Waals surface area contributed by atoms with E-state index in [1.54, 1.807) is 0 Å². The maximum Gasteiger partial charge on any atom is 0.191 e. The lowest BCUT2D eigenvalue weighted by atomic mass is 10.1. The number of rotatable bonds is 7. The fourth-order valence-corrected chi connectivity index (χ4v) is 3.80. The Morgan fingerprint density at radius 2 is 1.97 bits per heavy atom. The highest BCUT2D eigenvalue weighted by Crippen LogP contribution is 2.18. The molecule has 3 rings (SSSR count). The molecule has 0 radical (unpaired) electrons. The van der Waals surface area contributed by atoms with Crippen molar-refractivity contribution in [1.82, 2.24) is 15.6 Å². The van der Waals surface area contributed by atoms with Gasteiger partial charge in [0.15, 0.2) is 5.96 Å². The summed E-state index contributed by atoms with van der Waals surface area (Å²) in [4.78, 5) is 11.6. The van der Waals surface area contributed by atoms with Crippen LogP contribution in [-0.2, 0) is 17.7 Å². The van der Waals surface area contributed by atoms with Gasteiger partial charge in [0, 0.05) is 37.4 Å². The lowest BCUT2D eigenvalue weighted by Gasteiger charge is -2.36. The summed E-state index contributed by atoms with van der Waals surface area (Å²) in [6.45, 7) is 10.2. The number of guanidine groups is 1. The molecule has 2 atom stereocenters. The van der Waals surface area contributed by atoms with E-state index in [9.17, 15) is 0 Å². The second kappa shape index (κ2) is 11.2. The molecular weight excluding hydrogens is 398 g/mol. The molecule has 0 amide bonds. The Bertz CT molecular complexity index is 817. The van der Waals surface area contributed by atoms with Crippen molar-refractivity contribution in [2.45, 2.75) is 45.9 Å². The van der Waals surface area contributed by atoms with Crippen LogP contribution in [0.25, 0.3) is 0 Å². The normalized spacial score (nSPS) is 19.6. The Labute approximate surface area is 184 Å². The van der Waals surface area contributed by atoms with Crippen molar-refractivity contribution >= 4 is 23.4 Å². The van der Waals surface area contributed by atoms with Gasteiger partial charge in [0.1, 0.15) is 5.82 Å². The van der Waals surface area contributed by atoms with Gasteiger partial charge in [-0.15, -0.1) is 0 Å². The summed E-state index contributed by atoms with van der Waals surface area (Å²) in [6.07, 6.45) is 3.25. The predicted octanol–water partition coefficient (Wildman–Crippen LogP) is 3.65. The molecule has 7 heteroatoms. The van der Waals surface area contributed by atoms with E-state index in [4.69, 9.17) is 21.3 Å². The minimum absolute atomic E-state index is 0.223. The number of aliphatic imine (C=N–C) groups is 1. The molecule has 0 spiro atoms. The standard InChI is InChI=1S/C23H32ClN5O/c1-4-25-23(26-11-10-19-6-5-7-21(24)12-19)28-14-20-8-9-22(27-13-20)29-15-17(2)30-18(3)16-29/h5-9,12-13,17-18H,4,10-11,14-16H2,1-3H3,(H2,25,26,28). The fraction of sp³-hybridized carbons (Fsp3) is 0.478. The van der Waals surface area contributed by atoms with Crippen LogP contribution >= 0.6 is 11.6 Å². The minimum atomic E-state index is 0.223. The lowest BCUT2D eigenvalue weighted by Crippen LogP contribution is -2.45. The first kappa shape index (κ1) is 22.4. The van der Waals surface area contributed by atoms with E-state index >= 15 is 0 Å². The average molecular weight is 430 g/mol. The number of aromatic nitrogens is 1. The van der Waals surface area contributed by atoms with Crippen molar-refractivity contribution in [2.24, 2.45) is 4.99 Å². The molecule has 0 saturated carbocycles. The van der Waals surface area contributed by atoms with E-state index in [1.165, 1.54) is 5.56 Å². The molecule has 1 aromatic heterocycles. The van der Waals surface area contributed by atoms with Crippen molar-refractivity contribution in [3.63, 3.8) is 0 Å². The number of nitrogens with one attached hydrogen (secondary N) is 2. The van der Waals surface area contributed by atoms with Gasteiger partial charge in [-0.25, -0.2) is 9.98 Å². The van der Waals surface area contributed by atoms with E-state index in [0.29, 0.717) is 6.54 Å². The number of nitrogens with zero attached hydrogens (tertiary/aromatic N) is 3. The van der Waals surface area contributed by atoms with Crippen LogP contribution in [0.15, 0.2) is 47.6 Å². The topological polar surface area (TPSA) is 61.8 Å². The van der Waals surface area contributed by atoms with Gasteiger partial charge in [-0.1, -0.05) is 29.8 Å². The highest BCUT2D eigenvalue weighted by atomic mass is 35.5. The summed E-state index contributed by atoms with van der Waals surface area (Å²) in [6, 6.07) is 12.1. The van der Waals surface area contributed by atoms with Crippen molar-refractivity contribution < 1.29 is 4.74 Å². The zero-order valence-corrected chi connectivity index (χ0v) is 18.8. The highest BCUT2D eigenvalue weighted by Gasteiger charge is 2.22. The van der Waals surface area contributed by atoms with Crippen molar-refractivity contribution in [1.29, 1.82) is 0 Å². The molecule has 30 heavy (non-hydrogen) atoms. The number of benzene rings is 1. The summed E-state index contributed by atoms with van der Waals surface area (Å²) in [5.41, 5.74) is 2.29. The molecule has 6 nitrogen and oxygen atoms in total. The summed E-state index contributed by atoms with van der Waals surface area (Å²) >= 11 is 6.06. The lowest BCUT2D eigenvalue weighted by molar-refractivity contribution is -0.00545. The monoisotopic (exact) mass is 429 g/mol. The zero-order valence-electron chi connectivity index (χ0n) is 18.1. The van der Waals surface area contributed by atoms with Crippen LogP contribution in [-0.4, -0.2) is 49.3 Å². The molecule has 0 bridgehead atoms. The van der Waals surface area contributed by atoms with E-state index in [0.717, 1.165) is 55.0 Å². The maximum absolute atomic E-state index is 6.06. The van der Waals surface area contributed by atoms with Gasteiger partial charge in [0.05, 0.1) is 18.8 Å². The summed E-state index contributed by atoms with van der Waals surface area (Å²) in [7, 11) is 0. The predicted molar refractivity (Wildman–Crippen MR) is 124 cm³/mol. The van der Waals surface area contributed by atoms with Gasteiger partial charge >= 0.3 is 0 Å². The van der Waals surface area contributed by atoms with Crippen LogP contribution in [0, 0.1) is 0 Å². The molecule has 2 N–H and O–H groups in total. The number of hydrogen-bond donors (Lipinski definition) is 2. The third kappa shape index (κ3) is 6.89. The van der Waals surface area contributed by atoms with Crippen LogP contribution < -0.4 is 15.5 Å². The Hall–Kier alpha value is -2.31.